The van der Waals surface area contributed by atoms with E-state index in [2.05, 4.69) is 22.3 Å². The van der Waals surface area contributed by atoms with Crippen LogP contribution >= 0.6 is 0 Å². The van der Waals surface area contributed by atoms with Crippen molar-refractivity contribution in [1.29, 1.82) is 0 Å². The Labute approximate surface area is 150 Å². The molecule has 0 saturated carbocycles. The van der Waals surface area contributed by atoms with Crippen molar-refractivity contribution in [3.05, 3.63) is 54.7 Å². The van der Waals surface area contributed by atoms with E-state index >= 15 is 0 Å². The molecular weight excluding hydrogens is 334 g/mol. The van der Waals surface area contributed by atoms with Gasteiger partial charge in [-0.05, 0) is 36.8 Å². The largest absolute Gasteiger partial charge is 0.354 e. The molecule has 3 rings (SSSR count). The molecule has 1 aliphatic rings. The molecule has 1 saturated heterocycles. The van der Waals surface area contributed by atoms with E-state index in [9.17, 15) is 14.4 Å². The number of likely N-dealkylation sites (N-methyl/N-ethyl adjacent to an activating group) is 1. The van der Waals surface area contributed by atoms with Crippen LogP contribution in [0.15, 0.2) is 49.2 Å². The van der Waals surface area contributed by atoms with Crippen molar-refractivity contribution < 1.29 is 14.4 Å². The summed E-state index contributed by atoms with van der Waals surface area (Å²) in [4.78, 5) is 37.1. The molecule has 0 bridgehead atoms. The zero-order valence-corrected chi connectivity index (χ0v) is 14.3. The van der Waals surface area contributed by atoms with Crippen LogP contribution < -0.4 is 15.5 Å². The molecule has 8 nitrogen and oxygen atoms in total. The van der Waals surface area contributed by atoms with Crippen molar-refractivity contribution >= 4 is 29.2 Å². The quantitative estimate of drug-likeness (QED) is 0.793. The van der Waals surface area contributed by atoms with Crippen LogP contribution in [-0.4, -0.2) is 41.1 Å². The number of nitrogens with one attached hydrogen (secondary N) is 2. The van der Waals surface area contributed by atoms with Gasteiger partial charge in [0.2, 0.25) is 11.8 Å². The Morgan fingerprint density at radius 2 is 2.08 bits per heavy atom. The number of amides is 3. The standard InChI is InChI=1S/C18H19N5O3/c1-3-16(24)22(2)13-6-4-12(5-7-13)17(25)20-15-9-11-23(21-15)14-8-10-19-18(14)26/h3-7,9,11,14H,1,8,10H2,2H3,(H,19,26)(H,20,21,25). The van der Waals surface area contributed by atoms with Crippen molar-refractivity contribution in [1.82, 2.24) is 15.1 Å². The van der Waals surface area contributed by atoms with E-state index in [-0.39, 0.29) is 23.8 Å². The van der Waals surface area contributed by atoms with E-state index < -0.39 is 0 Å². The molecule has 1 unspecified atom stereocenters. The minimum atomic E-state index is -0.335. The number of nitrogens with zero attached hydrogens (tertiary/aromatic N) is 3. The van der Waals surface area contributed by atoms with Crippen LogP contribution in [0.2, 0.25) is 0 Å². The number of carbonyl (C=O) groups is 3. The highest BCUT2D eigenvalue weighted by atomic mass is 16.2. The maximum atomic E-state index is 12.3. The molecule has 2 heterocycles. The Hall–Kier alpha value is -3.42. The van der Waals surface area contributed by atoms with Crippen LogP contribution in [0.3, 0.4) is 0 Å². The van der Waals surface area contributed by atoms with Gasteiger partial charge in [0.25, 0.3) is 5.91 Å². The predicted octanol–water partition coefficient (Wildman–Crippen LogP) is 1.35. The molecule has 8 heteroatoms. The average molecular weight is 353 g/mol. The Morgan fingerprint density at radius 3 is 2.69 bits per heavy atom. The molecule has 26 heavy (non-hydrogen) atoms. The SMILES string of the molecule is C=CC(=O)N(C)c1ccc(C(=O)Nc2ccn(C3CCNC3=O)n2)cc1. The molecule has 2 aromatic rings. The predicted molar refractivity (Wildman–Crippen MR) is 96.9 cm³/mol. The maximum Gasteiger partial charge on any atom is 0.256 e. The molecule has 1 atom stereocenters. The van der Waals surface area contributed by atoms with E-state index in [1.165, 1.54) is 11.0 Å². The number of hydrogen-bond acceptors (Lipinski definition) is 4. The lowest BCUT2D eigenvalue weighted by molar-refractivity contribution is -0.122. The van der Waals surface area contributed by atoms with Gasteiger partial charge in [-0.25, -0.2) is 0 Å². The summed E-state index contributed by atoms with van der Waals surface area (Å²) < 4.78 is 1.55. The maximum absolute atomic E-state index is 12.3. The highest BCUT2D eigenvalue weighted by Gasteiger charge is 2.26. The van der Waals surface area contributed by atoms with Crippen molar-refractivity contribution in [2.75, 3.05) is 23.8 Å². The Morgan fingerprint density at radius 1 is 1.35 bits per heavy atom. The smallest absolute Gasteiger partial charge is 0.256 e. The number of carbonyl (C=O) groups excluding carboxylic acids is 3. The fourth-order valence-corrected chi connectivity index (χ4v) is 2.70. The number of benzene rings is 1. The van der Waals surface area contributed by atoms with Crippen molar-refractivity contribution in [3.8, 4) is 0 Å². The summed E-state index contributed by atoms with van der Waals surface area (Å²) in [6.07, 6.45) is 3.57. The van der Waals surface area contributed by atoms with E-state index in [4.69, 9.17) is 0 Å². The molecule has 1 aromatic heterocycles. The van der Waals surface area contributed by atoms with Crippen molar-refractivity contribution in [2.24, 2.45) is 0 Å². The number of anilines is 2. The van der Waals surface area contributed by atoms with Gasteiger partial charge in [0.1, 0.15) is 6.04 Å². The molecule has 3 amide bonds. The number of aromatic nitrogens is 2. The first-order chi connectivity index (χ1) is 12.5. The average Bonchev–Trinajstić information content (AvgIpc) is 3.29. The summed E-state index contributed by atoms with van der Waals surface area (Å²) in [6, 6.07) is 7.92. The van der Waals surface area contributed by atoms with E-state index in [0.29, 0.717) is 30.0 Å². The van der Waals surface area contributed by atoms with Gasteiger partial charge in [-0.2, -0.15) is 5.10 Å². The van der Waals surface area contributed by atoms with E-state index in [1.54, 1.807) is 48.3 Å². The van der Waals surface area contributed by atoms with Crippen LogP contribution in [0.5, 0.6) is 0 Å². The second-order valence-corrected chi connectivity index (χ2v) is 5.88. The van der Waals surface area contributed by atoms with Gasteiger partial charge in [-0.15, -0.1) is 0 Å². The lowest BCUT2D eigenvalue weighted by Gasteiger charge is -2.15. The zero-order valence-electron chi connectivity index (χ0n) is 14.3. The molecule has 2 N–H and O–H groups in total. The normalized spacial score (nSPS) is 16.0. The highest BCUT2D eigenvalue weighted by molar-refractivity contribution is 6.05. The summed E-state index contributed by atoms with van der Waals surface area (Å²) in [5.41, 5.74) is 1.09. The second kappa shape index (κ2) is 7.22. The van der Waals surface area contributed by atoms with Crippen LogP contribution in [0.4, 0.5) is 11.5 Å². The molecule has 1 aliphatic heterocycles. The zero-order chi connectivity index (χ0) is 18.7. The third kappa shape index (κ3) is 3.49. The summed E-state index contributed by atoms with van der Waals surface area (Å²) >= 11 is 0. The summed E-state index contributed by atoms with van der Waals surface area (Å²) in [5.74, 6) is -0.253. The minimum absolute atomic E-state index is 0.0697. The van der Waals surface area contributed by atoms with Crippen LogP contribution in [0, 0.1) is 0 Å². The molecule has 134 valence electrons. The highest BCUT2D eigenvalue weighted by Crippen LogP contribution is 2.18. The van der Waals surface area contributed by atoms with Gasteiger partial charge >= 0.3 is 0 Å². The lowest BCUT2D eigenvalue weighted by Crippen LogP contribution is -2.23. The third-order valence-corrected chi connectivity index (χ3v) is 4.21. The first-order valence-electron chi connectivity index (χ1n) is 8.14. The van der Waals surface area contributed by atoms with Crippen molar-refractivity contribution in [2.45, 2.75) is 12.5 Å². The second-order valence-electron chi connectivity index (χ2n) is 5.88. The topological polar surface area (TPSA) is 96.3 Å². The first-order valence-corrected chi connectivity index (χ1v) is 8.14. The third-order valence-electron chi connectivity index (χ3n) is 4.21. The molecule has 1 aromatic carbocycles. The molecule has 0 radical (unpaired) electrons. The molecule has 0 aliphatic carbocycles. The fourth-order valence-electron chi connectivity index (χ4n) is 2.70. The molecule has 0 spiro atoms. The Balaban J connectivity index is 1.67. The summed E-state index contributed by atoms with van der Waals surface area (Å²) in [7, 11) is 1.63. The Bertz CT molecular complexity index is 856. The number of rotatable bonds is 5. The van der Waals surface area contributed by atoms with E-state index in [0.717, 1.165) is 0 Å². The monoisotopic (exact) mass is 353 g/mol. The van der Waals surface area contributed by atoms with Crippen LogP contribution in [0.1, 0.15) is 22.8 Å². The summed E-state index contributed by atoms with van der Waals surface area (Å²) in [5, 5.41) is 9.70. The van der Waals surface area contributed by atoms with Gasteiger partial charge in [-0.3, -0.25) is 19.1 Å². The Kier molecular flexibility index (Phi) is 4.83. The first kappa shape index (κ1) is 17.4. The number of hydrogen-bond donors (Lipinski definition) is 2. The van der Waals surface area contributed by atoms with Crippen LogP contribution in [0.25, 0.3) is 0 Å². The van der Waals surface area contributed by atoms with Crippen LogP contribution in [-0.2, 0) is 9.59 Å². The van der Waals surface area contributed by atoms with Gasteiger partial charge in [0.05, 0.1) is 0 Å². The molecule has 1 fully saturated rings. The van der Waals surface area contributed by atoms with E-state index in [1.807, 2.05) is 0 Å². The van der Waals surface area contributed by atoms with Gasteiger partial charge in [0.15, 0.2) is 5.82 Å². The van der Waals surface area contributed by atoms with Gasteiger partial charge < -0.3 is 15.5 Å². The summed E-state index contributed by atoms with van der Waals surface area (Å²) in [6.45, 7) is 4.07. The molecular formula is C18H19N5O3. The minimum Gasteiger partial charge on any atom is -0.354 e. The van der Waals surface area contributed by atoms with Gasteiger partial charge in [-0.1, -0.05) is 6.58 Å². The fraction of sp³-hybridized carbons (Fsp3) is 0.222. The van der Waals surface area contributed by atoms with Crippen molar-refractivity contribution in [3.63, 3.8) is 0 Å². The lowest BCUT2D eigenvalue weighted by atomic mass is 10.2. The van der Waals surface area contributed by atoms with Gasteiger partial charge in [0, 0.05) is 37.1 Å².